The second-order valence-electron chi connectivity index (χ2n) is 13.9. The monoisotopic (exact) mass is 658 g/mol. The molecule has 4 aromatic rings. The molecule has 6 heteroatoms. The highest BCUT2D eigenvalue weighted by molar-refractivity contribution is 5.93. The first-order chi connectivity index (χ1) is 25.1. The zero-order chi connectivity index (χ0) is 34.2. The summed E-state index contributed by atoms with van der Waals surface area (Å²) in [7, 11) is 0. The van der Waals surface area contributed by atoms with Crippen molar-refractivity contribution in [3.63, 3.8) is 0 Å². The summed E-state index contributed by atoms with van der Waals surface area (Å²) in [5.74, 6) is 1.37. The van der Waals surface area contributed by atoms with E-state index >= 15 is 0 Å². The molecule has 2 aliphatic heterocycles. The van der Waals surface area contributed by atoms with E-state index < -0.39 is 0 Å². The van der Waals surface area contributed by atoms with Gasteiger partial charge in [-0.1, -0.05) is 85.0 Å². The Labute approximate surface area is 295 Å². The fourth-order valence-electron chi connectivity index (χ4n) is 9.06. The first-order valence-electron chi connectivity index (χ1n) is 17.5. The average Bonchev–Trinajstić information content (AvgIpc) is 3.86. The summed E-state index contributed by atoms with van der Waals surface area (Å²) < 4.78 is 13.2. The number of nitrogens with zero attached hydrogens (tertiary/aromatic N) is 4. The highest BCUT2D eigenvalue weighted by Crippen LogP contribution is 2.54. The SMILES string of the molecule is N#CC1=CC2C3=C(CCC=C3)N(C3C(c4ccc5oc6c(c5c4)C=CC4c5cc(-c7ccccc7C#N)ccc5OC64)=CC=CC3C#N)C2C=C1. The molecule has 6 nitrogen and oxygen atoms in total. The predicted octanol–water partition coefficient (Wildman–Crippen LogP) is 9.60. The third kappa shape index (κ3) is 4.32. The van der Waals surface area contributed by atoms with Crippen molar-refractivity contribution in [3.8, 4) is 35.1 Å². The summed E-state index contributed by atoms with van der Waals surface area (Å²) in [6.45, 7) is 0. The summed E-state index contributed by atoms with van der Waals surface area (Å²) in [4.78, 5) is 2.47. The summed E-state index contributed by atoms with van der Waals surface area (Å²) in [5.41, 5.74) is 10.8. The summed E-state index contributed by atoms with van der Waals surface area (Å²) in [6.07, 6.45) is 22.8. The molecule has 0 spiro atoms. The molecular formula is C45H30N4O2. The highest BCUT2D eigenvalue weighted by Gasteiger charge is 2.46. The van der Waals surface area contributed by atoms with Gasteiger partial charge in [0.15, 0.2) is 11.9 Å². The topological polar surface area (TPSA) is 97.0 Å². The van der Waals surface area contributed by atoms with Crippen molar-refractivity contribution in [1.82, 2.24) is 4.90 Å². The molecule has 3 heterocycles. The molecule has 1 aromatic heterocycles. The van der Waals surface area contributed by atoms with Gasteiger partial charge in [0.05, 0.1) is 47.7 Å². The molecule has 4 aliphatic carbocycles. The van der Waals surface area contributed by atoms with Crippen molar-refractivity contribution >= 4 is 22.6 Å². The van der Waals surface area contributed by atoms with E-state index in [2.05, 4.69) is 83.8 Å². The molecule has 10 rings (SSSR count). The van der Waals surface area contributed by atoms with Crippen LogP contribution in [0.2, 0.25) is 0 Å². The van der Waals surface area contributed by atoms with Crippen LogP contribution in [-0.4, -0.2) is 17.0 Å². The lowest BCUT2D eigenvalue weighted by atomic mass is 9.81. The van der Waals surface area contributed by atoms with Gasteiger partial charge in [-0.25, -0.2) is 0 Å². The lowest BCUT2D eigenvalue weighted by molar-refractivity contribution is 0.193. The molecule has 6 aliphatic rings. The maximum atomic E-state index is 10.5. The molecule has 0 amide bonds. The van der Waals surface area contributed by atoms with Crippen LogP contribution >= 0.6 is 0 Å². The van der Waals surface area contributed by atoms with Crippen molar-refractivity contribution in [3.05, 3.63) is 160 Å². The molecule has 6 atom stereocenters. The number of furan rings is 1. The molecule has 0 N–H and O–H groups in total. The molecule has 0 bridgehead atoms. The van der Waals surface area contributed by atoms with Gasteiger partial charge in [-0.15, -0.1) is 0 Å². The van der Waals surface area contributed by atoms with Gasteiger partial charge in [0, 0.05) is 33.7 Å². The van der Waals surface area contributed by atoms with E-state index in [1.54, 1.807) is 0 Å². The van der Waals surface area contributed by atoms with Crippen LogP contribution < -0.4 is 4.74 Å². The molecule has 3 aromatic carbocycles. The van der Waals surface area contributed by atoms with Crippen LogP contribution in [0, 0.1) is 45.8 Å². The van der Waals surface area contributed by atoms with E-state index in [9.17, 15) is 15.8 Å². The first-order valence-corrected chi connectivity index (χ1v) is 17.5. The highest BCUT2D eigenvalue weighted by atomic mass is 16.5. The second-order valence-corrected chi connectivity index (χ2v) is 13.9. The molecule has 0 saturated heterocycles. The number of hydrogen-bond donors (Lipinski definition) is 0. The lowest BCUT2D eigenvalue weighted by Gasteiger charge is -2.42. The van der Waals surface area contributed by atoms with E-state index in [4.69, 9.17) is 9.15 Å². The van der Waals surface area contributed by atoms with Crippen LogP contribution in [0.15, 0.2) is 137 Å². The minimum atomic E-state index is -0.344. The molecule has 0 saturated carbocycles. The average molecular weight is 659 g/mol. The van der Waals surface area contributed by atoms with Crippen LogP contribution in [0.5, 0.6) is 5.75 Å². The van der Waals surface area contributed by atoms with Gasteiger partial charge in [-0.2, -0.15) is 15.8 Å². The molecule has 0 radical (unpaired) electrons. The molecule has 0 fully saturated rings. The largest absolute Gasteiger partial charge is 0.481 e. The molecule has 6 unspecified atom stereocenters. The predicted molar refractivity (Wildman–Crippen MR) is 195 cm³/mol. The van der Waals surface area contributed by atoms with Crippen LogP contribution in [0.25, 0.3) is 33.7 Å². The number of nitriles is 3. The Morgan fingerprint density at radius 3 is 2.63 bits per heavy atom. The van der Waals surface area contributed by atoms with Crippen LogP contribution in [0.4, 0.5) is 0 Å². The Kier molecular flexibility index (Phi) is 6.48. The Bertz CT molecular complexity index is 2550. The fraction of sp³-hybridized carbons (Fsp3) is 0.178. The Morgan fingerprint density at radius 1 is 0.843 bits per heavy atom. The number of rotatable bonds is 3. The second kappa shape index (κ2) is 11.2. The minimum absolute atomic E-state index is 0.0111. The smallest absolute Gasteiger partial charge is 0.167 e. The summed E-state index contributed by atoms with van der Waals surface area (Å²) >= 11 is 0. The van der Waals surface area contributed by atoms with Gasteiger partial charge in [0.25, 0.3) is 0 Å². The van der Waals surface area contributed by atoms with Gasteiger partial charge < -0.3 is 14.1 Å². The standard InChI is InChI=1S/C45H30N4O2/c46-23-26-12-17-40-36(20-26)33-9-3-4-11-39(33)49(40)43-30(25-48)7-5-10-32(43)28-14-19-42-38(22-28)35-16-15-34-37-21-27(31-8-2-1-6-29(31)24-47)13-18-41(37)50-44(34)45(35)51-42/h1-3,5-10,12-22,30,34,36,40,43-44H,4,11H2. The third-order valence-corrected chi connectivity index (χ3v) is 11.3. The lowest BCUT2D eigenvalue weighted by Crippen LogP contribution is -2.45. The quantitative estimate of drug-likeness (QED) is 0.218. The number of hydrogen-bond acceptors (Lipinski definition) is 6. The Morgan fingerprint density at radius 2 is 1.75 bits per heavy atom. The van der Waals surface area contributed by atoms with Crippen molar-refractivity contribution in [2.45, 2.75) is 36.9 Å². The third-order valence-electron chi connectivity index (χ3n) is 11.3. The van der Waals surface area contributed by atoms with Crippen molar-refractivity contribution < 1.29 is 9.15 Å². The van der Waals surface area contributed by atoms with Crippen LogP contribution in [-0.2, 0) is 0 Å². The van der Waals surface area contributed by atoms with Crippen molar-refractivity contribution in [1.29, 1.82) is 15.8 Å². The van der Waals surface area contributed by atoms with Crippen LogP contribution in [0.1, 0.15) is 52.9 Å². The number of allylic oxidation sites excluding steroid dienone is 7. The normalized spacial score (nSPS) is 26.2. The van der Waals surface area contributed by atoms with Gasteiger partial charge in [0.1, 0.15) is 11.3 Å². The van der Waals surface area contributed by atoms with Gasteiger partial charge in [0.2, 0.25) is 0 Å². The molecule has 242 valence electrons. The van der Waals surface area contributed by atoms with Gasteiger partial charge in [-0.05, 0) is 77.1 Å². The zero-order valence-electron chi connectivity index (χ0n) is 27.5. The Hall–Kier alpha value is -6.55. The minimum Gasteiger partial charge on any atom is -0.481 e. The zero-order valence-corrected chi connectivity index (χ0v) is 27.5. The molecule has 51 heavy (non-hydrogen) atoms. The fourth-order valence-corrected chi connectivity index (χ4v) is 9.06. The summed E-state index contributed by atoms with van der Waals surface area (Å²) in [5, 5.41) is 30.9. The first kappa shape index (κ1) is 29.4. The summed E-state index contributed by atoms with van der Waals surface area (Å²) in [6, 6.07) is 27.3. The van der Waals surface area contributed by atoms with E-state index in [0.717, 1.165) is 68.7 Å². The Balaban J connectivity index is 1.03. The number of fused-ring (bicyclic) bond motifs is 9. The van der Waals surface area contributed by atoms with E-state index in [1.807, 2.05) is 60.7 Å². The number of ether oxygens (including phenoxy) is 1. The maximum Gasteiger partial charge on any atom is 0.167 e. The van der Waals surface area contributed by atoms with Crippen molar-refractivity contribution in [2.24, 2.45) is 11.8 Å². The van der Waals surface area contributed by atoms with Gasteiger partial charge in [-0.3, -0.25) is 0 Å². The maximum absolute atomic E-state index is 10.5. The van der Waals surface area contributed by atoms with Crippen LogP contribution in [0.3, 0.4) is 0 Å². The van der Waals surface area contributed by atoms with E-state index in [1.165, 1.54) is 11.3 Å². The van der Waals surface area contributed by atoms with Crippen molar-refractivity contribution in [2.75, 3.05) is 0 Å². The number of benzene rings is 3. The van der Waals surface area contributed by atoms with Gasteiger partial charge >= 0.3 is 0 Å². The van der Waals surface area contributed by atoms with E-state index in [-0.39, 0.29) is 35.9 Å². The molecular weight excluding hydrogens is 629 g/mol. The van der Waals surface area contributed by atoms with E-state index in [0.29, 0.717) is 11.1 Å².